The van der Waals surface area contributed by atoms with Gasteiger partial charge in [-0.1, -0.05) is 32.9 Å². The van der Waals surface area contributed by atoms with Crippen LogP contribution in [0.15, 0.2) is 48.0 Å². The summed E-state index contributed by atoms with van der Waals surface area (Å²) < 4.78 is 5.69. The zero-order valence-corrected chi connectivity index (χ0v) is 18.4. The molecule has 6 nitrogen and oxygen atoms in total. The van der Waals surface area contributed by atoms with Gasteiger partial charge >= 0.3 is 0 Å². The molecule has 0 saturated carbocycles. The summed E-state index contributed by atoms with van der Waals surface area (Å²) in [5, 5.41) is 21.2. The summed E-state index contributed by atoms with van der Waals surface area (Å²) in [5.74, 6) is -0.701. The van der Waals surface area contributed by atoms with Gasteiger partial charge in [0.15, 0.2) is 0 Å². The van der Waals surface area contributed by atoms with Crippen LogP contribution in [0.1, 0.15) is 62.8 Å². The van der Waals surface area contributed by atoms with Gasteiger partial charge in [0.25, 0.3) is 11.7 Å². The van der Waals surface area contributed by atoms with Gasteiger partial charge in [0.05, 0.1) is 18.2 Å². The van der Waals surface area contributed by atoms with E-state index in [1.54, 1.807) is 30.3 Å². The van der Waals surface area contributed by atoms with Gasteiger partial charge < -0.3 is 19.8 Å². The first kappa shape index (κ1) is 22.4. The molecule has 1 aliphatic rings. The number of aliphatic hydroxyl groups excluding tert-OH is 1. The van der Waals surface area contributed by atoms with Crippen LogP contribution in [0, 0.1) is 0 Å². The third kappa shape index (κ3) is 4.29. The van der Waals surface area contributed by atoms with Crippen molar-refractivity contribution in [3.8, 4) is 11.5 Å². The lowest BCUT2D eigenvalue weighted by molar-refractivity contribution is -0.139. The summed E-state index contributed by atoms with van der Waals surface area (Å²) in [7, 11) is 0. The van der Waals surface area contributed by atoms with Crippen molar-refractivity contribution < 1.29 is 24.5 Å². The average Bonchev–Trinajstić information content (AvgIpc) is 2.99. The number of rotatable bonds is 7. The number of hydrogen-bond acceptors (Lipinski definition) is 5. The Hall–Kier alpha value is -3.28. The number of likely N-dealkylation sites (tertiary alicyclic amines) is 1. The summed E-state index contributed by atoms with van der Waals surface area (Å²) in [5.41, 5.74) is 1.96. The van der Waals surface area contributed by atoms with E-state index in [0.29, 0.717) is 30.7 Å². The van der Waals surface area contributed by atoms with E-state index < -0.39 is 17.7 Å². The quantitative estimate of drug-likeness (QED) is 0.381. The fourth-order valence-corrected chi connectivity index (χ4v) is 3.98. The third-order valence-electron chi connectivity index (χ3n) is 5.40. The number of Topliss-reactive ketones (excluding diaryl/α,β-unsaturated/α-hetero) is 1. The normalized spacial score (nSPS) is 18.1. The molecule has 0 aromatic heterocycles. The molecule has 1 saturated heterocycles. The number of benzene rings is 2. The largest absolute Gasteiger partial charge is 0.508 e. The van der Waals surface area contributed by atoms with Crippen molar-refractivity contribution in [1.29, 1.82) is 0 Å². The Morgan fingerprint density at radius 3 is 2.48 bits per heavy atom. The molecule has 0 aliphatic carbocycles. The Balaban J connectivity index is 2.19. The monoisotopic (exact) mass is 423 g/mol. The molecule has 3 rings (SSSR count). The lowest BCUT2D eigenvalue weighted by Crippen LogP contribution is -2.30. The van der Waals surface area contributed by atoms with Gasteiger partial charge in [-0.05, 0) is 60.7 Å². The van der Waals surface area contributed by atoms with E-state index in [1.165, 1.54) is 17.0 Å². The lowest BCUT2D eigenvalue weighted by atomic mass is 9.93. The zero-order valence-electron chi connectivity index (χ0n) is 18.4. The molecule has 0 radical (unpaired) electrons. The molecule has 2 aromatic rings. The summed E-state index contributed by atoms with van der Waals surface area (Å²) in [6.07, 6.45) is 0.656. The maximum Gasteiger partial charge on any atom is 0.295 e. The molecule has 1 fully saturated rings. The van der Waals surface area contributed by atoms with Crippen LogP contribution >= 0.6 is 0 Å². The number of carbonyl (C=O) groups is 2. The topological polar surface area (TPSA) is 87.1 Å². The number of aliphatic hydroxyl groups is 1. The van der Waals surface area contributed by atoms with Crippen molar-refractivity contribution in [1.82, 2.24) is 4.90 Å². The van der Waals surface area contributed by atoms with E-state index in [0.717, 1.165) is 11.3 Å². The van der Waals surface area contributed by atoms with E-state index in [4.69, 9.17) is 4.74 Å². The number of aromatic hydroxyl groups is 1. The minimum Gasteiger partial charge on any atom is -0.508 e. The van der Waals surface area contributed by atoms with Crippen molar-refractivity contribution >= 4 is 17.4 Å². The van der Waals surface area contributed by atoms with E-state index in [9.17, 15) is 19.8 Å². The molecule has 2 aromatic carbocycles. The van der Waals surface area contributed by atoms with Crippen molar-refractivity contribution in [2.45, 2.75) is 46.1 Å². The molecule has 31 heavy (non-hydrogen) atoms. The predicted molar refractivity (Wildman–Crippen MR) is 119 cm³/mol. The molecule has 2 N–H and O–H groups in total. The highest BCUT2D eigenvalue weighted by molar-refractivity contribution is 6.46. The smallest absolute Gasteiger partial charge is 0.295 e. The van der Waals surface area contributed by atoms with Crippen LogP contribution in [-0.2, 0) is 9.59 Å². The minimum absolute atomic E-state index is 0.0303. The van der Waals surface area contributed by atoms with E-state index in [2.05, 4.69) is 0 Å². The number of nitrogens with zero attached hydrogens (tertiary/aromatic N) is 1. The summed E-state index contributed by atoms with van der Waals surface area (Å²) in [6.45, 7) is 8.75. The fourth-order valence-electron chi connectivity index (χ4n) is 3.98. The van der Waals surface area contributed by atoms with Crippen LogP contribution in [0.3, 0.4) is 0 Å². The molecule has 1 atom stereocenters. The average molecular weight is 424 g/mol. The standard InChI is InChI=1S/C25H29NO5/c1-5-12-26-22(16-8-7-9-18(27)13-16)21(24(29)25(26)30)23(28)17-10-11-20(31-6-2)19(14-17)15(3)4/h7-11,13-15,22,27-28H,5-6,12H2,1-4H3/b23-21-. The zero-order chi connectivity index (χ0) is 22.7. The first-order chi connectivity index (χ1) is 14.8. The minimum atomic E-state index is -0.763. The summed E-state index contributed by atoms with van der Waals surface area (Å²) in [6, 6.07) is 11.0. The molecule has 0 bridgehead atoms. The van der Waals surface area contributed by atoms with Gasteiger partial charge in [0.1, 0.15) is 17.3 Å². The van der Waals surface area contributed by atoms with Crippen LogP contribution in [0.25, 0.3) is 5.76 Å². The number of hydrogen-bond donors (Lipinski definition) is 2. The van der Waals surface area contributed by atoms with Crippen molar-refractivity contribution in [3.05, 3.63) is 64.7 Å². The predicted octanol–water partition coefficient (Wildman–Crippen LogP) is 4.75. The fraction of sp³-hybridized carbons (Fsp3) is 0.360. The highest BCUT2D eigenvalue weighted by Crippen LogP contribution is 2.41. The van der Waals surface area contributed by atoms with Crippen LogP contribution < -0.4 is 4.74 Å². The number of carbonyl (C=O) groups excluding carboxylic acids is 2. The Kier molecular flexibility index (Phi) is 6.68. The molecule has 1 heterocycles. The Labute approximate surface area is 182 Å². The molecule has 1 amide bonds. The molecular formula is C25H29NO5. The Morgan fingerprint density at radius 1 is 1.13 bits per heavy atom. The molecule has 1 unspecified atom stereocenters. The van der Waals surface area contributed by atoms with E-state index >= 15 is 0 Å². The van der Waals surface area contributed by atoms with Crippen molar-refractivity contribution in [2.75, 3.05) is 13.2 Å². The molecule has 1 aliphatic heterocycles. The Morgan fingerprint density at radius 2 is 1.87 bits per heavy atom. The molecule has 6 heteroatoms. The van der Waals surface area contributed by atoms with Crippen molar-refractivity contribution in [2.24, 2.45) is 0 Å². The highest BCUT2D eigenvalue weighted by Gasteiger charge is 2.45. The number of ether oxygens (including phenoxy) is 1. The molecule has 164 valence electrons. The third-order valence-corrected chi connectivity index (χ3v) is 5.40. The van der Waals surface area contributed by atoms with Crippen molar-refractivity contribution in [3.63, 3.8) is 0 Å². The highest BCUT2D eigenvalue weighted by atomic mass is 16.5. The van der Waals surface area contributed by atoms with E-state index in [1.807, 2.05) is 27.7 Å². The van der Waals surface area contributed by atoms with Gasteiger partial charge in [-0.2, -0.15) is 0 Å². The van der Waals surface area contributed by atoms with Crippen LogP contribution in [0.2, 0.25) is 0 Å². The van der Waals surface area contributed by atoms with Crippen LogP contribution in [-0.4, -0.2) is 40.0 Å². The van der Waals surface area contributed by atoms with Gasteiger partial charge in [-0.15, -0.1) is 0 Å². The van der Waals surface area contributed by atoms with Gasteiger partial charge in [0.2, 0.25) is 0 Å². The SMILES string of the molecule is CCCN1C(=O)C(=O)/C(=C(\O)c2ccc(OCC)c(C(C)C)c2)C1c1cccc(O)c1. The molecular weight excluding hydrogens is 394 g/mol. The maximum atomic E-state index is 13.0. The van der Waals surface area contributed by atoms with Gasteiger partial charge in [0, 0.05) is 12.1 Å². The number of phenolic OH excluding ortho intramolecular Hbond substituents is 1. The summed E-state index contributed by atoms with van der Waals surface area (Å²) >= 11 is 0. The first-order valence-electron chi connectivity index (χ1n) is 10.6. The second-order valence-electron chi connectivity index (χ2n) is 7.93. The maximum absolute atomic E-state index is 13.0. The van der Waals surface area contributed by atoms with E-state index in [-0.39, 0.29) is 23.0 Å². The number of ketones is 1. The Bertz CT molecular complexity index is 1020. The van der Waals surface area contributed by atoms with Gasteiger partial charge in [-0.3, -0.25) is 9.59 Å². The summed E-state index contributed by atoms with van der Waals surface area (Å²) in [4.78, 5) is 27.2. The van der Waals surface area contributed by atoms with Crippen LogP contribution in [0.5, 0.6) is 11.5 Å². The van der Waals surface area contributed by atoms with Gasteiger partial charge in [-0.25, -0.2) is 0 Å². The van der Waals surface area contributed by atoms with Crippen LogP contribution in [0.4, 0.5) is 0 Å². The second-order valence-corrected chi connectivity index (χ2v) is 7.93. The molecule has 0 spiro atoms. The number of phenols is 1. The second kappa shape index (κ2) is 9.25. The first-order valence-corrected chi connectivity index (χ1v) is 10.6. The number of amides is 1. The lowest BCUT2D eigenvalue weighted by Gasteiger charge is -2.25.